The Kier molecular flexibility index (Phi) is 5.11. The molecule has 1 aromatic carbocycles. The zero-order chi connectivity index (χ0) is 18.1. The number of carbonyl (C=O) groups is 1. The molecule has 3 aliphatic heterocycles. The van der Waals surface area contributed by atoms with Gasteiger partial charge in [0.05, 0.1) is 6.10 Å². The van der Waals surface area contributed by atoms with Crippen molar-refractivity contribution in [3.8, 4) is 0 Å². The maximum atomic E-state index is 13.1. The first-order valence-electron chi connectivity index (χ1n) is 9.41. The fraction of sp³-hybridized carbons (Fsp3) is 0.632. The Labute approximate surface area is 154 Å². The summed E-state index contributed by atoms with van der Waals surface area (Å²) in [6.07, 6.45) is 0.133. The van der Waals surface area contributed by atoms with Crippen molar-refractivity contribution < 1.29 is 13.9 Å². The molecule has 1 aromatic rings. The molecule has 0 saturated carbocycles. The van der Waals surface area contributed by atoms with Gasteiger partial charge in [0.25, 0.3) is 0 Å². The quantitative estimate of drug-likeness (QED) is 0.780. The SMILES string of the molecule is CN1CC(CN2CC(N3CCN(c4ccc(F)cc4)CC3)C2)OCC1=O. The van der Waals surface area contributed by atoms with E-state index in [0.29, 0.717) is 12.6 Å². The number of benzene rings is 1. The van der Waals surface area contributed by atoms with Gasteiger partial charge in [-0.15, -0.1) is 0 Å². The first-order valence-corrected chi connectivity index (χ1v) is 9.41. The predicted molar refractivity (Wildman–Crippen MR) is 97.8 cm³/mol. The molecule has 3 heterocycles. The van der Waals surface area contributed by atoms with Crippen molar-refractivity contribution >= 4 is 11.6 Å². The van der Waals surface area contributed by atoms with Gasteiger partial charge in [-0.05, 0) is 24.3 Å². The summed E-state index contributed by atoms with van der Waals surface area (Å²) in [5.41, 5.74) is 1.11. The normalized spacial score (nSPS) is 26.2. The third-order valence-corrected chi connectivity index (χ3v) is 5.77. The summed E-state index contributed by atoms with van der Waals surface area (Å²) in [4.78, 5) is 20.5. The van der Waals surface area contributed by atoms with Gasteiger partial charge >= 0.3 is 0 Å². The van der Waals surface area contributed by atoms with Crippen molar-refractivity contribution in [3.05, 3.63) is 30.1 Å². The number of rotatable bonds is 4. The van der Waals surface area contributed by atoms with Crippen LogP contribution in [0.3, 0.4) is 0 Å². The molecule has 142 valence electrons. The second-order valence-electron chi connectivity index (χ2n) is 7.58. The fourth-order valence-electron chi connectivity index (χ4n) is 4.08. The van der Waals surface area contributed by atoms with Crippen molar-refractivity contribution in [2.75, 3.05) is 70.9 Å². The molecule has 1 atom stereocenters. The first kappa shape index (κ1) is 17.7. The van der Waals surface area contributed by atoms with Gasteiger partial charge in [-0.25, -0.2) is 4.39 Å². The van der Waals surface area contributed by atoms with Gasteiger partial charge in [0.15, 0.2) is 0 Å². The third-order valence-electron chi connectivity index (χ3n) is 5.77. The lowest BCUT2D eigenvalue weighted by Gasteiger charge is -2.49. The number of anilines is 1. The number of hydrogen-bond donors (Lipinski definition) is 0. The highest BCUT2D eigenvalue weighted by molar-refractivity contribution is 5.77. The van der Waals surface area contributed by atoms with Crippen molar-refractivity contribution in [3.63, 3.8) is 0 Å². The number of nitrogens with zero attached hydrogens (tertiary/aromatic N) is 4. The van der Waals surface area contributed by atoms with Crippen LogP contribution in [0.25, 0.3) is 0 Å². The van der Waals surface area contributed by atoms with Gasteiger partial charge in [0, 0.05) is 71.1 Å². The second kappa shape index (κ2) is 7.50. The molecular formula is C19H27FN4O2. The van der Waals surface area contributed by atoms with Crippen LogP contribution in [0, 0.1) is 5.82 Å². The summed E-state index contributed by atoms with van der Waals surface area (Å²) in [6, 6.07) is 7.41. The lowest BCUT2D eigenvalue weighted by Crippen LogP contribution is -2.64. The third kappa shape index (κ3) is 3.84. The summed E-state index contributed by atoms with van der Waals surface area (Å²) < 4.78 is 18.7. The largest absolute Gasteiger partial charge is 0.369 e. The Morgan fingerprint density at radius 2 is 1.77 bits per heavy atom. The van der Waals surface area contributed by atoms with Crippen molar-refractivity contribution in [1.82, 2.24) is 14.7 Å². The van der Waals surface area contributed by atoms with E-state index < -0.39 is 0 Å². The summed E-state index contributed by atoms with van der Waals surface area (Å²) in [5, 5.41) is 0. The summed E-state index contributed by atoms with van der Waals surface area (Å²) in [6.45, 7) is 8.04. The number of hydrogen-bond acceptors (Lipinski definition) is 5. The minimum Gasteiger partial charge on any atom is -0.369 e. The van der Waals surface area contributed by atoms with E-state index in [2.05, 4.69) is 14.7 Å². The highest BCUT2D eigenvalue weighted by atomic mass is 19.1. The Morgan fingerprint density at radius 3 is 2.42 bits per heavy atom. The van der Waals surface area contributed by atoms with E-state index in [1.165, 1.54) is 12.1 Å². The molecule has 0 bridgehead atoms. The van der Waals surface area contributed by atoms with E-state index in [0.717, 1.165) is 51.5 Å². The van der Waals surface area contributed by atoms with Gasteiger partial charge in [-0.3, -0.25) is 14.6 Å². The topological polar surface area (TPSA) is 39.3 Å². The van der Waals surface area contributed by atoms with Gasteiger partial charge < -0.3 is 14.5 Å². The second-order valence-corrected chi connectivity index (χ2v) is 7.58. The maximum Gasteiger partial charge on any atom is 0.248 e. The molecule has 1 unspecified atom stereocenters. The van der Waals surface area contributed by atoms with E-state index in [9.17, 15) is 9.18 Å². The molecule has 0 aliphatic carbocycles. The number of piperazine rings is 1. The molecule has 7 heteroatoms. The average molecular weight is 362 g/mol. The average Bonchev–Trinajstić information content (AvgIpc) is 2.62. The van der Waals surface area contributed by atoms with E-state index >= 15 is 0 Å². The van der Waals surface area contributed by atoms with Gasteiger partial charge in [-0.2, -0.15) is 0 Å². The maximum absolute atomic E-state index is 13.1. The van der Waals surface area contributed by atoms with Crippen molar-refractivity contribution in [2.45, 2.75) is 12.1 Å². The van der Waals surface area contributed by atoms with Crippen LogP contribution < -0.4 is 4.90 Å². The molecule has 0 radical (unpaired) electrons. The Bertz CT molecular complexity index is 627. The number of carbonyl (C=O) groups excluding carboxylic acids is 1. The molecule has 3 fully saturated rings. The number of likely N-dealkylation sites (N-methyl/N-ethyl adjacent to an activating group) is 1. The van der Waals surface area contributed by atoms with Crippen LogP contribution in [0.4, 0.5) is 10.1 Å². The Hall–Kier alpha value is -1.70. The molecular weight excluding hydrogens is 335 g/mol. The molecule has 0 spiro atoms. The number of amides is 1. The van der Waals surface area contributed by atoms with Gasteiger partial charge in [0.1, 0.15) is 12.4 Å². The minimum atomic E-state index is -0.181. The zero-order valence-electron chi connectivity index (χ0n) is 15.3. The summed E-state index contributed by atoms with van der Waals surface area (Å²) >= 11 is 0. The highest BCUT2D eigenvalue weighted by Gasteiger charge is 2.35. The number of morpholine rings is 1. The molecule has 6 nitrogen and oxygen atoms in total. The standard InChI is InChI=1S/C19H27FN4O2/c1-21-12-18(26-14-19(21)25)13-22-10-17(11-22)24-8-6-23(7-9-24)16-4-2-15(20)3-5-16/h2-5,17-18H,6-14H2,1H3. The minimum absolute atomic E-state index is 0.0711. The number of halogens is 1. The Balaban J connectivity index is 1.19. The monoisotopic (exact) mass is 362 g/mol. The van der Waals surface area contributed by atoms with Crippen LogP contribution in [0.1, 0.15) is 0 Å². The van der Waals surface area contributed by atoms with Crippen molar-refractivity contribution in [2.24, 2.45) is 0 Å². The Morgan fingerprint density at radius 1 is 1.08 bits per heavy atom. The van der Waals surface area contributed by atoms with E-state index in [4.69, 9.17) is 4.74 Å². The molecule has 0 N–H and O–H groups in total. The molecule has 3 aliphatic rings. The van der Waals surface area contributed by atoms with Crippen molar-refractivity contribution in [1.29, 1.82) is 0 Å². The van der Waals surface area contributed by atoms with Crippen LogP contribution in [0.2, 0.25) is 0 Å². The summed E-state index contributed by atoms with van der Waals surface area (Å²) in [5.74, 6) is -0.110. The molecule has 4 rings (SSSR count). The highest BCUT2D eigenvalue weighted by Crippen LogP contribution is 2.21. The molecule has 0 aromatic heterocycles. The zero-order valence-corrected chi connectivity index (χ0v) is 15.3. The lowest BCUT2D eigenvalue weighted by molar-refractivity contribution is -0.149. The van der Waals surface area contributed by atoms with Crippen LogP contribution >= 0.6 is 0 Å². The molecule has 3 saturated heterocycles. The van der Waals surface area contributed by atoms with E-state index in [1.54, 1.807) is 4.90 Å². The number of likely N-dealkylation sites (tertiary alicyclic amines) is 1. The van der Waals surface area contributed by atoms with Gasteiger partial charge in [0.2, 0.25) is 5.91 Å². The molecule has 26 heavy (non-hydrogen) atoms. The molecule has 1 amide bonds. The predicted octanol–water partition coefficient (Wildman–Crippen LogP) is 0.489. The smallest absolute Gasteiger partial charge is 0.248 e. The van der Waals surface area contributed by atoms with Crippen LogP contribution in [0.15, 0.2) is 24.3 Å². The number of ether oxygens (including phenoxy) is 1. The van der Waals surface area contributed by atoms with Crippen LogP contribution in [-0.4, -0.2) is 98.8 Å². The van der Waals surface area contributed by atoms with E-state index in [-0.39, 0.29) is 24.4 Å². The van der Waals surface area contributed by atoms with E-state index in [1.807, 2.05) is 19.2 Å². The fourth-order valence-corrected chi connectivity index (χ4v) is 4.08. The first-order chi connectivity index (χ1) is 12.6. The van der Waals surface area contributed by atoms with Gasteiger partial charge in [-0.1, -0.05) is 0 Å². The summed E-state index contributed by atoms with van der Waals surface area (Å²) in [7, 11) is 1.84. The van der Waals surface area contributed by atoms with Crippen LogP contribution in [0.5, 0.6) is 0 Å². The van der Waals surface area contributed by atoms with Crippen LogP contribution in [-0.2, 0) is 9.53 Å². The lowest BCUT2D eigenvalue weighted by atomic mass is 10.0.